The minimum Gasteiger partial charge on any atom is -0.497 e. The minimum atomic E-state index is -0.166. The zero-order valence-electron chi connectivity index (χ0n) is 20.0. The van der Waals surface area contributed by atoms with Crippen molar-refractivity contribution in [1.29, 1.82) is 0 Å². The fourth-order valence-electron chi connectivity index (χ4n) is 3.76. The number of carbonyl (C=O) groups is 1. The standard InChI is InChI=1S/C26H27N3O5S/c1-31-19-7-5-17(6-8-19)15-29-12-10-20-21(29)9-11-27-26(20)35-16-24(30)28-18-13-22(32-2)25(34-4)23(14-18)33-3/h5-14H,15-16H2,1-4H3,(H,28,30). The van der Waals surface area contributed by atoms with Crippen LogP contribution < -0.4 is 24.3 Å². The summed E-state index contributed by atoms with van der Waals surface area (Å²) in [6.45, 7) is 0.725. The molecule has 4 rings (SSSR count). The van der Waals surface area contributed by atoms with Gasteiger partial charge >= 0.3 is 0 Å². The normalized spacial score (nSPS) is 10.7. The van der Waals surface area contributed by atoms with Crippen molar-refractivity contribution in [2.24, 2.45) is 0 Å². The third kappa shape index (κ3) is 5.46. The highest BCUT2D eigenvalue weighted by Gasteiger charge is 2.15. The average molecular weight is 494 g/mol. The van der Waals surface area contributed by atoms with Gasteiger partial charge in [0.05, 0.1) is 39.7 Å². The number of nitrogens with one attached hydrogen (secondary N) is 1. The lowest BCUT2D eigenvalue weighted by Gasteiger charge is -2.14. The van der Waals surface area contributed by atoms with E-state index in [4.69, 9.17) is 18.9 Å². The zero-order valence-corrected chi connectivity index (χ0v) is 20.8. The van der Waals surface area contributed by atoms with Crippen LogP contribution in [0.15, 0.2) is 66.0 Å². The van der Waals surface area contributed by atoms with Crippen LogP contribution in [-0.4, -0.2) is 49.7 Å². The summed E-state index contributed by atoms with van der Waals surface area (Å²) in [5.74, 6) is 2.28. The Morgan fingerprint density at radius 3 is 2.29 bits per heavy atom. The van der Waals surface area contributed by atoms with E-state index < -0.39 is 0 Å². The molecule has 1 N–H and O–H groups in total. The molecule has 0 aliphatic carbocycles. The molecule has 0 aliphatic rings. The third-order valence-electron chi connectivity index (χ3n) is 5.46. The van der Waals surface area contributed by atoms with E-state index in [1.54, 1.807) is 25.4 Å². The van der Waals surface area contributed by atoms with Crippen molar-refractivity contribution in [3.8, 4) is 23.0 Å². The summed E-state index contributed by atoms with van der Waals surface area (Å²) >= 11 is 1.39. The van der Waals surface area contributed by atoms with Crippen molar-refractivity contribution >= 4 is 34.3 Å². The summed E-state index contributed by atoms with van der Waals surface area (Å²) in [5, 5.41) is 4.70. The van der Waals surface area contributed by atoms with Gasteiger partial charge < -0.3 is 28.8 Å². The molecule has 2 aromatic carbocycles. The van der Waals surface area contributed by atoms with Crippen molar-refractivity contribution in [3.63, 3.8) is 0 Å². The van der Waals surface area contributed by atoms with Crippen molar-refractivity contribution in [3.05, 3.63) is 66.5 Å². The van der Waals surface area contributed by atoms with E-state index in [9.17, 15) is 4.79 Å². The summed E-state index contributed by atoms with van der Waals surface area (Å²) in [5.41, 5.74) is 2.78. The van der Waals surface area contributed by atoms with Gasteiger partial charge in [0, 0.05) is 42.1 Å². The maximum Gasteiger partial charge on any atom is 0.234 e. The van der Waals surface area contributed by atoms with E-state index in [2.05, 4.69) is 27.0 Å². The molecule has 0 bridgehead atoms. The maximum absolute atomic E-state index is 12.7. The Hall–Kier alpha value is -3.85. The molecule has 0 atom stereocenters. The van der Waals surface area contributed by atoms with Crippen LogP contribution in [0, 0.1) is 0 Å². The fraction of sp³-hybridized carbons (Fsp3) is 0.231. The number of aromatic nitrogens is 2. The number of nitrogens with zero attached hydrogens (tertiary/aromatic N) is 2. The first-order chi connectivity index (χ1) is 17.1. The molecule has 35 heavy (non-hydrogen) atoms. The van der Waals surface area contributed by atoms with Crippen LogP contribution in [-0.2, 0) is 11.3 Å². The number of hydrogen-bond donors (Lipinski definition) is 1. The number of carbonyl (C=O) groups excluding carboxylic acids is 1. The molecule has 0 unspecified atom stereocenters. The predicted molar refractivity (Wildman–Crippen MR) is 137 cm³/mol. The number of ether oxygens (including phenoxy) is 4. The van der Waals surface area contributed by atoms with Crippen molar-refractivity contribution in [1.82, 2.24) is 9.55 Å². The SMILES string of the molecule is COc1ccc(Cn2ccc3c(SCC(=O)Nc4cc(OC)c(OC)c(OC)c4)nccc32)cc1. The summed E-state index contributed by atoms with van der Waals surface area (Å²) in [7, 11) is 6.26. The van der Waals surface area contributed by atoms with Crippen LogP contribution in [0.5, 0.6) is 23.0 Å². The molecule has 1 amide bonds. The number of benzene rings is 2. The van der Waals surface area contributed by atoms with E-state index in [0.717, 1.165) is 28.2 Å². The number of rotatable bonds is 10. The lowest BCUT2D eigenvalue weighted by molar-refractivity contribution is -0.113. The molecule has 0 saturated carbocycles. The number of pyridine rings is 1. The Kier molecular flexibility index (Phi) is 7.67. The molecule has 2 aromatic heterocycles. The highest BCUT2D eigenvalue weighted by Crippen LogP contribution is 2.40. The maximum atomic E-state index is 12.7. The van der Waals surface area contributed by atoms with Gasteiger partial charge in [0.2, 0.25) is 11.7 Å². The number of anilines is 1. The topological polar surface area (TPSA) is 83.8 Å². The Labute approximate surface area is 208 Å². The molecular weight excluding hydrogens is 466 g/mol. The summed E-state index contributed by atoms with van der Waals surface area (Å²) in [6, 6.07) is 15.4. The van der Waals surface area contributed by atoms with Crippen LogP contribution in [0.3, 0.4) is 0 Å². The van der Waals surface area contributed by atoms with E-state index in [0.29, 0.717) is 22.9 Å². The first-order valence-electron chi connectivity index (χ1n) is 10.9. The fourth-order valence-corrected chi connectivity index (χ4v) is 4.56. The van der Waals surface area contributed by atoms with E-state index in [-0.39, 0.29) is 11.7 Å². The van der Waals surface area contributed by atoms with Crippen LogP contribution in [0.4, 0.5) is 5.69 Å². The predicted octanol–water partition coefficient (Wildman–Crippen LogP) is 4.85. The van der Waals surface area contributed by atoms with E-state index in [1.807, 2.05) is 30.5 Å². The van der Waals surface area contributed by atoms with Gasteiger partial charge in [-0.05, 0) is 29.8 Å². The first-order valence-corrected chi connectivity index (χ1v) is 11.8. The van der Waals surface area contributed by atoms with Gasteiger partial charge in [0.25, 0.3) is 0 Å². The largest absolute Gasteiger partial charge is 0.497 e. The summed E-state index contributed by atoms with van der Waals surface area (Å²) in [6.07, 6.45) is 3.81. The molecule has 9 heteroatoms. The molecule has 182 valence electrons. The summed E-state index contributed by atoms with van der Waals surface area (Å²) < 4.78 is 23.4. The molecule has 8 nitrogen and oxygen atoms in total. The van der Waals surface area contributed by atoms with Crippen LogP contribution >= 0.6 is 11.8 Å². The Morgan fingerprint density at radius 1 is 0.943 bits per heavy atom. The highest BCUT2D eigenvalue weighted by molar-refractivity contribution is 8.00. The summed E-state index contributed by atoms with van der Waals surface area (Å²) in [4.78, 5) is 17.2. The molecule has 0 radical (unpaired) electrons. The zero-order chi connectivity index (χ0) is 24.8. The molecule has 0 spiro atoms. The molecule has 0 aliphatic heterocycles. The first kappa shape index (κ1) is 24.3. The quantitative estimate of drug-likeness (QED) is 0.316. The van der Waals surface area contributed by atoms with Gasteiger partial charge in [-0.2, -0.15) is 0 Å². The highest BCUT2D eigenvalue weighted by atomic mass is 32.2. The van der Waals surface area contributed by atoms with E-state index in [1.165, 1.54) is 38.7 Å². The molecule has 0 saturated heterocycles. The second-order valence-electron chi connectivity index (χ2n) is 7.59. The molecular formula is C26H27N3O5S. The Bertz CT molecular complexity index is 1300. The van der Waals surface area contributed by atoms with Crippen molar-refractivity contribution < 1.29 is 23.7 Å². The minimum absolute atomic E-state index is 0.166. The number of hydrogen-bond acceptors (Lipinski definition) is 7. The molecule has 0 fully saturated rings. The van der Waals surface area contributed by atoms with Crippen LogP contribution in [0.1, 0.15) is 5.56 Å². The Morgan fingerprint density at radius 2 is 1.66 bits per heavy atom. The van der Waals surface area contributed by atoms with Gasteiger partial charge in [-0.15, -0.1) is 0 Å². The van der Waals surface area contributed by atoms with Gasteiger partial charge in [-0.25, -0.2) is 4.98 Å². The van der Waals surface area contributed by atoms with Crippen molar-refractivity contribution in [2.75, 3.05) is 39.5 Å². The van der Waals surface area contributed by atoms with Gasteiger partial charge in [-0.3, -0.25) is 4.79 Å². The number of thioether (sulfide) groups is 1. The van der Waals surface area contributed by atoms with Crippen LogP contribution in [0.2, 0.25) is 0 Å². The Balaban J connectivity index is 1.45. The smallest absolute Gasteiger partial charge is 0.234 e. The van der Waals surface area contributed by atoms with Gasteiger partial charge in [0.15, 0.2) is 11.5 Å². The van der Waals surface area contributed by atoms with Gasteiger partial charge in [0.1, 0.15) is 10.8 Å². The van der Waals surface area contributed by atoms with Crippen molar-refractivity contribution in [2.45, 2.75) is 11.6 Å². The number of methoxy groups -OCH3 is 4. The number of amides is 1. The molecule has 4 aromatic rings. The monoisotopic (exact) mass is 493 g/mol. The second kappa shape index (κ2) is 11.1. The average Bonchev–Trinajstić information content (AvgIpc) is 3.30. The van der Waals surface area contributed by atoms with Crippen LogP contribution in [0.25, 0.3) is 10.9 Å². The lowest BCUT2D eigenvalue weighted by Crippen LogP contribution is -2.14. The van der Waals surface area contributed by atoms with Gasteiger partial charge in [-0.1, -0.05) is 23.9 Å². The van der Waals surface area contributed by atoms with E-state index >= 15 is 0 Å². The number of fused-ring (bicyclic) bond motifs is 1. The third-order valence-corrected chi connectivity index (χ3v) is 6.47. The molecule has 2 heterocycles. The lowest BCUT2D eigenvalue weighted by atomic mass is 10.2. The second-order valence-corrected chi connectivity index (χ2v) is 8.56.